The van der Waals surface area contributed by atoms with Crippen LogP contribution in [0.25, 0.3) is 0 Å². The minimum absolute atomic E-state index is 0.205. The number of hydrogen-bond acceptors (Lipinski definition) is 3. The minimum atomic E-state index is -0.296. The van der Waals surface area contributed by atoms with Gasteiger partial charge in [-0.15, -0.1) is 0 Å². The highest BCUT2D eigenvalue weighted by Gasteiger charge is 2.21. The average molecular weight is 264 g/mol. The van der Waals surface area contributed by atoms with Crippen LogP contribution in [0.1, 0.15) is 39.7 Å². The molecule has 1 unspecified atom stereocenters. The van der Waals surface area contributed by atoms with E-state index in [0.29, 0.717) is 6.42 Å². The van der Waals surface area contributed by atoms with Gasteiger partial charge in [0.2, 0.25) is 0 Å². The van der Waals surface area contributed by atoms with Crippen LogP contribution >= 0.6 is 0 Å². The number of rotatable bonds is 6. The molecule has 0 fully saturated rings. The third-order valence-corrected chi connectivity index (χ3v) is 3.01. The normalized spacial score (nSPS) is 13.3. The summed E-state index contributed by atoms with van der Waals surface area (Å²) in [5.41, 5.74) is 1.23. The maximum atomic E-state index is 11.0. The third-order valence-electron chi connectivity index (χ3n) is 3.01. The summed E-state index contributed by atoms with van der Waals surface area (Å²) in [4.78, 5) is 10.7. The minimum Gasteiger partial charge on any atom is -0.314 e. The second-order valence-electron chi connectivity index (χ2n) is 6.11. The van der Waals surface area contributed by atoms with Crippen molar-refractivity contribution in [2.45, 2.75) is 46.6 Å². The molecule has 0 aliphatic rings. The van der Waals surface area contributed by atoms with Crippen molar-refractivity contribution in [1.29, 1.82) is 0 Å². The third kappa shape index (κ3) is 5.39. The predicted octanol–water partition coefficient (Wildman–Crippen LogP) is 3.55. The van der Waals surface area contributed by atoms with Gasteiger partial charge in [0.25, 0.3) is 5.69 Å². The summed E-state index contributed by atoms with van der Waals surface area (Å²) in [7, 11) is 0. The smallest absolute Gasteiger partial charge is 0.272 e. The molecule has 4 heteroatoms. The summed E-state index contributed by atoms with van der Waals surface area (Å²) in [6.45, 7) is 9.51. The fraction of sp³-hybridized carbons (Fsp3) is 0.600. The van der Waals surface area contributed by atoms with Crippen molar-refractivity contribution in [3.8, 4) is 0 Å². The molecular weight excluding hydrogens is 240 g/mol. The first-order valence-electron chi connectivity index (χ1n) is 6.79. The fourth-order valence-electron chi connectivity index (χ4n) is 2.37. The first-order chi connectivity index (χ1) is 8.83. The van der Waals surface area contributed by atoms with Crippen LogP contribution in [0, 0.1) is 15.5 Å². The molecule has 0 saturated carbocycles. The Bertz CT molecular complexity index is 424. The number of nitrogens with one attached hydrogen (secondary N) is 1. The van der Waals surface area contributed by atoms with Gasteiger partial charge < -0.3 is 5.32 Å². The van der Waals surface area contributed by atoms with Crippen LogP contribution in [0.5, 0.6) is 0 Å². The predicted molar refractivity (Wildman–Crippen MR) is 78.3 cm³/mol. The van der Waals surface area contributed by atoms with E-state index in [-0.39, 0.29) is 22.1 Å². The standard InChI is InChI=1S/C15H24N2O2/c1-5-16-13(11-15(2,3)4)10-12-8-6-7-9-14(12)17(18)19/h6-9,13,16H,5,10-11H2,1-4H3. The second-order valence-corrected chi connectivity index (χ2v) is 6.11. The van der Waals surface area contributed by atoms with Crippen molar-refractivity contribution >= 4 is 5.69 Å². The van der Waals surface area contributed by atoms with Gasteiger partial charge in [-0.2, -0.15) is 0 Å². The lowest BCUT2D eigenvalue weighted by atomic mass is 9.85. The van der Waals surface area contributed by atoms with Crippen LogP contribution < -0.4 is 5.32 Å². The summed E-state index contributed by atoms with van der Waals surface area (Å²) in [6, 6.07) is 7.28. The van der Waals surface area contributed by atoms with Crippen molar-refractivity contribution in [3.05, 3.63) is 39.9 Å². The monoisotopic (exact) mass is 264 g/mol. The van der Waals surface area contributed by atoms with E-state index in [4.69, 9.17) is 0 Å². The summed E-state index contributed by atoms with van der Waals surface area (Å²) in [5, 5.41) is 14.5. The number of nitro benzene ring substituents is 1. The topological polar surface area (TPSA) is 55.2 Å². The van der Waals surface area contributed by atoms with Crippen molar-refractivity contribution in [2.24, 2.45) is 5.41 Å². The van der Waals surface area contributed by atoms with Gasteiger partial charge in [0.1, 0.15) is 0 Å². The molecule has 1 aromatic rings. The Morgan fingerprint density at radius 3 is 2.47 bits per heavy atom. The summed E-state index contributed by atoms with van der Waals surface area (Å²) in [6.07, 6.45) is 1.69. The van der Waals surface area contributed by atoms with Crippen LogP contribution in [0.3, 0.4) is 0 Å². The number of hydrogen-bond donors (Lipinski definition) is 1. The molecule has 0 aromatic heterocycles. The van der Waals surface area contributed by atoms with E-state index < -0.39 is 0 Å². The molecule has 106 valence electrons. The van der Waals surface area contributed by atoms with Gasteiger partial charge in [-0.25, -0.2) is 0 Å². The van der Waals surface area contributed by atoms with Gasteiger partial charge in [-0.05, 0) is 24.8 Å². The van der Waals surface area contributed by atoms with Crippen molar-refractivity contribution in [3.63, 3.8) is 0 Å². The molecule has 19 heavy (non-hydrogen) atoms. The van der Waals surface area contributed by atoms with Crippen LogP contribution in [-0.4, -0.2) is 17.5 Å². The Balaban J connectivity index is 2.87. The molecule has 1 aromatic carbocycles. The number of nitro groups is 1. The lowest BCUT2D eigenvalue weighted by Crippen LogP contribution is -2.34. The molecule has 0 saturated heterocycles. The maximum Gasteiger partial charge on any atom is 0.272 e. The molecule has 0 bridgehead atoms. The van der Waals surface area contributed by atoms with Gasteiger partial charge in [0.15, 0.2) is 0 Å². The zero-order valence-electron chi connectivity index (χ0n) is 12.3. The van der Waals surface area contributed by atoms with Crippen LogP contribution in [-0.2, 0) is 6.42 Å². The zero-order valence-corrected chi connectivity index (χ0v) is 12.3. The van der Waals surface area contributed by atoms with E-state index in [1.165, 1.54) is 0 Å². The first-order valence-corrected chi connectivity index (χ1v) is 6.79. The highest BCUT2D eigenvalue weighted by Crippen LogP contribution is 2.25. The number of likely N-dealkylation sites (N-methyl/N-ethyl adjacent to an activating group) is 1. The van der Waals surface area contributed by atoms with E-state index in [2.05, 4.69) is 33.0 Å². The molecule has 0 aliphatic heterocycles. The molecule has 1 N–H and O–H groups in total. The Morgan fingerprint density at radius 2 is 1.95 bits per heavy atom. The lowest BCUT2D eigenvalue weighted by Gasteiger charge is -2.26. The molecular formula is C15H24N2O2. The Hall–Kier alpha value is -1.42. The van der Waals surface area contributed by atoms with E-state index >= 15 is 0 Å². The Morgan fingerprint density at radius 1 is 1.32 bits per heavy atom. The number of para-hydroxylation sites is 1. The van der Waals surface area contributed by atoms with Gasteiger partial charge in [0.05, 0.1) is 4.92 Å². The van der Waals surface area contributed by atoms with Crippen molar-refractivity contribution in [1.82, 2.24) is 5.32 Å². The molecule has 0 heterocycles. The molecule has 0 aliphatic carbocycles. The highest BCUT2D eigenvalue weighted by atomic mass is 16.6. The van der Waals surface area contributed by atoms with E-state index in [0.717, 1.165) is 18.5 Å². The molecule has 0 spiro atoms. The SMILES string of the molecule is CCNC(Cc1ccccc1[N+](=O)[O-])CC(C)(C)C. The van der Waals surface area contributed by atoms with Crippen LogP contribution in [0.15, 0.2) is 24.3 Å². The summed E-state index contributed by atoms with van der Waals surface area (Å²) in [5.74, 6) is 0. The fourth-order valence-corrected chi connectivity index (χ4v) is 2.37. The quantitative estimate of drug-likeness (QED) is 0.631. The zero-order chi connectivity index (χ0) is 14.5. The Labute approximate surface area is 115 Å². The van der Waals surface area contributed by atoms with Crippen molar-refractivity contribution < 1.29 is 4.92 Å². The first kappa shape index (κ1) is 15.6. The van der Waals surface area contributed by atoms with Crippen LogP contribution in [0.4, 0.5) is 5.69 Å². The largest absolute Gasteiger partial charge is 0.314 e. The molecule has 4 nitrogen and oxygen atoms in total. The van der Waals surface area contributed by atoms with Crippen molar-refractivity contribution in [2.75, 3.05) is 6.54 Å². The summed E-state index contributed by atoms with van der Waals surface area (Å²) < 4.78 is 0. The Kier molecular flexibility index (Phi) is 5.48. The van der Waals surface area contributed by atoms with E-state index in [1.807, 2.05) is 12.1 Å². The maximum absolute atomic E-state index is 11.0. The van der Waals surface area contributed by atoms with Gasteiger partial charge in [-0.3, -0.25) is 10.1 Å². The molecule has 0 amide bonds. The number of nitrogens with zero attached hydrogens (tertiary/aromatic N) is 1. The summed E-state index contributed by atoms with van der Waals surface area (Å²) >= 11 is 0. The van der Waals surface area contributed by atoms with Crippen LogP contribution in [0.2, 0.25) is 0 Å². The lowest BCUT2D eigenvalue weighted by molar-refractivity contribution is -0.385. The molecule has 0 radical (unpaired) electrons. The van der Waals surface area contributed by atoms with Gasteiger partial charge in [-0.1, -0.05) is 45.9 Å². The molecule has 1 atom stereocenters. The van der Waals surface area contributed by atoms with E-state index in [1.54, 1.807) is 12.1 Å². The molecule has 1 rings (SSSR count). The van der Waals surface area contributed by atoms with Gasteiger partial charge in [0, 0.05) is 17.7 Å². The highest BCUT2D eigenvalue weighted by molar-refractivity contribution is 5.40. The van der Waals surface area contributed by atoms with Gasteiger partial charge >= 0.3 is 0 Å². The number of benzene rings is 1. The van der Waals surface area contributed by atoms with E-state index in [9.17, 15) is 10.1 Å². The average Bonchev–Trinajstić information content (AvgIpc) is 2.27. The second kappa shape index (κ2) is 6.66.